The van der Waals surface area contributed by atoms with Crippen molar-refractivity contribution in [2.24, 2.45) is 5.41 Å². The summed E-state index contributed by atoms with van der Waals surface area (Å²) in [7, 11) is 0. The highest BCUT2D eigenvalue weighted by Gasteiger charge is 2.35. The van der Waals surface area contributed by atoms with Crippen molar-refractivity contribution in [1.82, 2.24) is 5.23 Å². The summed E-state index contributed by atoms with van der Waals surface area (Å²) in [6.07, 6.45) is 4.60. The lowest BCUT2D eigenvalue weighted by Crippen LogP contribution is -2.37. The molecule has 0 unspecified atom stereocenters. The third-order valence-corrected chi connectivity index (χ3v) is 2.92. The van der Waals surface area contributed by atoms with E-state index in [-0.39, 0.29) is 18.2 Å². The Hall–Kier alpha value is -0.650. The Labute approximate surface area is 82.9 Å². The van der Waals surface area contributed by atoms with Crippen molar-refractivity contribution in [3.63, 3.8) is 0 Å². The van der Waals surface area contributed by atoms with Gasteiger partial charge in [-0.15, -0.1) is 0 Å². The third-order valence-electron chi connectivity index (χ3n) is 2.92. The molecular weight excluding hydrogens is 186 g/mol. The minimum atomic E-state index is -0.867. The fraction of sp³-hybridized carbons (Fsp3) is 0.889. The first-order chi connectivity index (χ1) is 6.54. The number of carbonyl (C=O) groups is 1. The van der Waals surface area contributed by atoms with Gasteiger partial charge >= 0.3 is 5.97 Å². The van der Waals surface area contributed by atoms with Crippen LogP contribution >= 0.6 is 0 Å². The number of rotatable bonds is 4. The maximum absolute atomic E-state index is 10.7. The summed E-state index contributed by atoms with van der Waals surface area (Å²) >= 11 is 0. The largest absolute Gasteiger partial charge is 0.481 e. The van der Waals surface area contributed by atoms with Crippen molar-refractivity contribution in [3.05, 3.63) is 0 Å². The predicted octanol–water partition coefficient (Wildman–Crippen LogP) is 1.49. The molecule has 14 heavy (non-hydrogen) atoms. The van der Waals surface area contributed by atoms with Crippen LogP contribution in [0.4, 0.5) is 0 Å². The lowest BCUT2D eigenvalue weighted by Gasteiger charge is -2.36. The van der Waals surface area contributed by atoms with Crippen LogP contribution < -0.4 is 0 Å². The number of nitrogens with zero attached hydrogens (tertiary/aromatic N) is 1. The second-order valence-corrected chi connectivity index (χ2v) is 4.16. The Morgan fingerprint density at radius 3 is 2.21 bits per heavy atom. The first-order valence-corrected chi connectivity index (χ1v) is 4.91. The molecule has 3 N–H and O–H groups in total. The zero-order chi connectivity index (χ0) is 10.6. The maximum Gasteiger partial charge on any atom is 0.303 e. The Morgan fingerprint density at radius 1 is 1.21 bits per heavy atom. The molecule has 82 valence electrons. The van der Waals surface area contributed by atoms with Gasteiger partial charge in [-0.25, -0.2) is 0 Å². The first-order valence-electron chi connectivity index (χ1n) is 4.91. The van der Waals surface area contributed by atoms with Crippen LogP contribution in [0, 0.1) is 5.41 Å². The normalized spacial score (nSPS) is 21.1. The van der Waals surface area contributed by atoms with E-state index in [4.69, 9.17) is 15.5 Å². The molecule has 0 aliphatic heterocycles. The number of hydroxylamine groups is 2. The minimum absolute atomic E-state index is 0.0185. The summed E-state index contributed by atoms with van der Waals surface area (Å²) < 4.78 is 0. The van der Waals surface area contributed by atoms with Crippen molar-refractivity contribution in [2.45, 2.75) is 38.5 Å². The van der Waals surface area contributed by atoms with Gasteiger partial charge in [0, 0.05) is 0 Å². The quantitative estimate of drug-likeness (QED) is 0.603. The lowest BCUT2D eigenvalue weighted by atomic mass is 9.72. The highest BCUT2D eigenvalue weighted by Crippen LogP contribution is 2.39. The van der Waals surface area contributed by atoms with E-state index < -0.39 is 11.4 Å². The van der Waals surface area contributed by atoms with Gasteiger partial charge in [0.25, 0.3) is 0 Å². The number of hydrogen-bond acceptors (Lipinski definition) is 4. The molecule has 0 bridgehead atoms. The van der Waals surface area contributed by atoms with E-state index in [1.807, 2.05) is 0 Å². The minimum Gasteiger partial charge on any atom is -0.481 e. The molecule has 1 fully saturated rings. The summed E-state index contributed by atoms with van der Waals surface area (Å²) in [5.41, 5.74) is -0.451. The summed E-state index contributed by atoms with van der Waals surface area (Å²) in [6.45, 7) is 0.0271. The zero-order valence-corrected chi connectivity index (χ0v) is 8.15. The molecule has 1 saturated carbocycles. The summed E-state index contributed by atoms with van der Waals surface area (Å²) in [4.78, 5) is 10.7. The molecule has 0 radical (unpaired) electrons. The monoisotopic (exact) mass is 203 g/mol. The SMILES string of the molecule is O=C(O)CC1(CN(O)O)CCCCC1. The fourth-order valence-corrected chi connectivity index (χ4v) is 2.31. The smallest absolute Gasteiger partial charge is 0.303 e. The summed E-state index contributed by atoms with van der Waals surface area (Å²) in [5.74, 6) is -0.867. The molecule has 5 heteroatoms. The molecular formula is C9H17NO4. The van der Waals surface area contributed by atoms with Gasteiger partial charge in [-0.1, -0.05) is 24.5 Å². The molecule has 0 aromatic heterocycles. The number of aliphatic carboxylic acids is 1. The Bertz CT molecular complexity index is 199. The molecule has 0 aromatic carbocycles. The molecule has 1 rings (SSSR count). The van der Waals surface area contributed by atoms with E-state index in [1.54, 1.807) is 0 Å². The van der Waals surface area contributed by atoms with Crippen LogP contribution in [0.25, 0.3) is 0 Å². The van der Waals surface area contributed by atoms with Crippen molar-refractivity contribution < 1.29 is 20.3 Å². The van der Waals surface area contributed by atoms with Gasteiger partial charge in [0.15, 0.2) is 0 Å². The van der Waals surface area contributed by atoms with Crippen LogP contribution in [0.15, 0.2) is 0 Å². The highest BCUT2D eigenvalue weighted by molar-refractivity contribution is 5.67. The van der Waals surface area contributed by atoms with Crippen LogP contribution in [0.5, 0.6) is 0 Å². The standard InChI is InChI=1S/C9H17NO4/c11-8(12)6-9(7-10(13)14)4-2-1-3-5-9/h13-14H,1-7H2,(H,11,12). The molecule has 0 saturated heterocycles. The van der Waals surface area contributed by atoms with Crippen LogP contribution in [0.1, 0.15) is 38.5 Å². The molecule has 0 heterocycles. The average molecular weight is 203 g/mol. The maximum atomic E-state index is 10.7. The topological polar surface area (TPSA) is 81.0 Å². The number of hydrogen-bond donors (Lipinski definition) is 3. The zero-order valence-electron chi connectivity index (χ0n) is 8.15. The van der Waals surface area contributed by atoms with E-state index in [9.17, 15) is 4.79 Å². The van der Waals surface area contributed by atoms with Gasteiger partial charge < -0.3 is 5.11 Å². The molecule has 0 amide bonds. The molecule has 0 aromatic rings. The summed E-state index contributed by atoms with van der Waals surface area (Å²) in [6, 6.07) is 0. The lowest BCUT2D eigenvalue weighted by molar-refractivity contribution is -0.321. The van der Waals surface area contributed by atoms with Crippen molar-refractivity contribution in [1.29, 1.82) is 0 Å². The number of carboxylic acids is 1. The predicted molar refractivity (Wildman–Crippen MR) is 48.0 cm³/mol. The Kier molecular flexibility index (Phi) is 3.86. The Balaban J connectivity index is 2.61. The van der Waals surface area contributed by atoms with Gasteiger partial charge in [0.1, 0.15) is 0 Å². The third kappa shape index (κ3) is 3.25. The van der Waals surface area contributed by atoms with E-state index in [0.29, 0.717) is 0 Å². The molecule has 1 aliphatic rings. The first kappa shape index (κ1) is 11.4. The van der Waals surface area contributed by atoms with Gasteiger partial charge in [-0.3, -0.25) is 15.2 Å². The van der Waals surface area contributed by atoms with Gasteiger partial charge in [-0.2, -0.15) is 0 Å². The van der Waals surface area contributed by atoms with Crippen molar-refractivity contribution in [3.8, 4) is 0 Å². The van der Waals surface area contributed by atoms with Crippen molar-refractivity contribution >= 4 is 5.97 Å². The van der Waals surface area contributed by atoms with Crippen molar-refractivity contribution in [2.75, 3.05) is 6.54 Å². The second kappa shape index (κ2) is 4.72. The molecule has 5 nitrogen and oxygen atoms in total. The van der Waals surface area contributed by atoms with E-state index in [1.165, 1.54) is 0 Å². The molecule has 1 aliphatic carbocycles. The van der Waals surface area contributed by atoms with E-state index in [2.05, 4.69) is 0 Å². The van der Waals surface area contributed by atoms with Crippen LogP contribution in [0.3, 0.4) is 0 Å². The number of carboxylic acid groups (broad SMARTS) is 1. The van der Waals surface area contributed by atoms with Gasteiger partial charge in [0.05, 0.1) is 13.0 Å². The molecule has 0 atom stereocenters. The van der Waals surface area contributed by atoms with E-state index >= 15 is 0 Å². The average Bonchev–Trinajstić information content (AvgIpc) is 2.01. The van der Waals surface area contributed by atoms with Crippen LogP contribution in [-0.4, -0.2) is 33.3 Å². The van der Waals surface area contributed by atoms with Gasteiger partial charge in [-0.05, 0) is 18.3 Å². The summed E-state index contributed by atoms with van der Waals surface area (Å²) in [5, 5.41) is 26.4. The van der Waals surface area contributed by atoms with E-state index in [0.717, 1.165) is 32.1 Å². The van der Waals surface area contributed by atoms with Gasteiger partial charge in [0.2, 0.25) is 0 Å². The Morgan fingerprint density at radius 2 is 1.79 bits per heavy atom. The van der Waals surface area contributed by atoms with Crippen LogP contribution in [-0.2, 0) is 4.79 Å². The second-order valence-electron chi connectivity index (χ2n) is 4.16. The fourth-order valence-electron chi connectivity index (χ4n) is 2.31. The highest BCUT2D eigenvalue weighted by atomic mass is 16.8. The molecule has 0 spiro atoms. The van der Waals surface area contributed by atoms with Crippen LogP contribution in [0.2, 0.25) is 0 Å².